The highest BCUT2D eigenvalue weighted by Crippen LogP contribution is 2.36. The third kappa shape index (κ3) is 2.36. The first kappa shape index (κ1) is 15.1. The molecule has 0 saturated heterocycles. The van der Waals surface area contributed by atoms with Crippen molar-refractivity contribution in [3.63, 3.8) is 0 Å². The summed E-state index contributed by atoms with van der Waals surface area (Å²) in [5.41, 5.74) is 5.17. The molecule has 0 fully saturated rings. The number of nitrogens with zero attached hydrogens (tertiary/aromatic N) is 3. The Morgan fingerprint density at radius 2 is 2.12 bits per heavy atom. The van der Waals surface area contributed by atoms with Crippen LogP contribution in [0.25, 0.3) is 16.9 Å². The van der Waals surface area contributed by atoms with Crippen molar-refractivity contribution < 1.29 is 9.53 Å². The lowest BCUT2D eigenvalue weighted by molar-refractivity contribution is 0.0517. The Morgan fingerprint density at radius 1 is 1.33 bits per heavy atom. The molecule has 0 saturated carbocycles. The van der Waals surface area contributed by atoms with Crippen molar-refractivity contribution in [1.82, 2.24) is 20.0 Å². The quantitative estimate of drug-likeness (QED) is 0.700. The molecule has 0 bridgehead atoms. The van der Waals surface area contributed by atoms with Gasteiger partial charge >= 0.3 is 5.97 Å². The summed E-state index contributed by atoms with van der Waals surface area (Å²) >= 11 is 3.44. The summed E-state index contributed by atoms with van der Waals surface area (Å²) in [6.07, 6.45) is 3.33. The van der Waals surface area contributed by atoms with Gasteiger partial charge in [0.05, 0.1) is 24.2 Å². The highest BCUT2D eigenvalue weighted by atomic mass is 79.9. The summed E-state index contributed by atoms with van der Waals surface area (Å²) in [6.45, 7) is 2.12. The molecule has 2 heterocycles. The summed E-state index contributed by atoms with van der Waals surface area (Å²) in [5.74, 6) is -0.378. The number of benzene rings is 1. The lowest BCUT2D eigenvalue weighted by Gasteiger charge is -2.14. The molecular weight excluding hydrogens is 372 g/mol. The van der Waals surface area contributed by atoms with Crippen LogP contribution in [0.2, 0.25) is 0 Å². The van der Waals surface area contributed by atoms with E-state index in [1.807, 2.05) is 28.9 Å². The Hall–Kier alpha value is -2.41. The molecule has 0 unspecified atom stereocenters. The molecule has 0 amide bonds. The number of fused-ring (bicyclic) bond motifs is 3. The monoisotopic (exact) mass is 386 g/mol. The normalized spacial score (nSPS) is 12.6. The van der Waals surface area contributed by atoms with E-state index >= 15 is 0 Å². The second-order valence-corrected chi connectivity index (χ2v) is 6.46. The van der Waals surface area contributed by atoms with E-state index in [9.17, 15) is 4.79 Å². The molecule has 4 rings (SSSR count). The number of esters is 1. The van der Waals surface area contributed by atoms with E-state index in [-0.39, 0.29) is 5.97 Å². The van der Waals surface area contributed by atoms with Crippen molar-refractivity contribution in [3.05, 3.63) is 51.9 Å². The molecule has 6 nitrogen and oxygen atoms in total. The average Bonchev–Trinajstić information content (AvgIpc) is 3.19. The van der Waals surface area contributed by atoms with Gasteiger partial charge in [-0.2, -0.15) is 10.2 Å². The summed E-state index contributed by atoms with van der Waals surface area (Å²) < 4.78 is 7.98. The standard InChI is InChI=1S/C17H15BrN4O2/c1-2-24-17(23)15-12-7-8-14-13(9-19-20-14)16(12)22(21-15)11-5-3-10(18)4-6-11/h3-6,9H,2,7-8H2,1H3,(H,19,20). The van der Waals surface area contributed by atoms with Crippen molar-refractivity contribution in [2.45, 2.75) is 19.8 Å². The number of carbonyl (C=O) groups excluding carboxylic acids is 1. The van der Waals surface area contributed by atoms with E-state index in [1.165, 1.54) is 0 Å². The highest BCUT2D eigenvalue weighted by Gasteiger charge is 2.30. The lowest BCUT2D eigenvalue weighted by Crippen LogP contribution is -2.10. The van der Waals surface area contributed by atoms with Crippen LogP contribution in [0.5, 0.6) is 0 Å². The van der Waals surface area contributed by atoms with Gasteiger partial charge in [-0.05, 0) is 44.0 Å². The van der Waals surface area contributed by atoms with Crippen molar-refractivity contribution in [2.24, 2.45) is 0 Å². The largest absolute Gasteiger partial charge is 0.461 e. The molecule has 1 aliphatic carbocycles. The number of H-pyrrole nitrogens is 1. The van der Waals surface area contributed by atoms with Crippen LogP contribution >= 0.6 is 15.9 Å². The number of rotatable bonds is 3. The second-order valence-electron chi connectivity index (χ2n) is 5.55. The van der Waals surface area contributed by atoms with Crippen molar-refractivity contribution in [1.29, 1.82) is 0 Å². The summed E-state index contributed by atoms with van der Waals surface area (Å²) in [6, 6.07) is 7.82. The molecule has 3 aromatic rings. The SMILES string of the molecule is CCOC(=O)c1nn(-c2ccc(Br)cc2)c2c1CCc1[nH]ncc1-2. The topological polar surface area (TPSA) is 72.8 Å². The summed E-state index contributed by atoms with van der Waals surface area (Å²) in [7, 11) is 0. The molecule has 0 radical (unpaired) electrons. The zero-order valence-corrected chi connectivity index (χ0v) is 14.6. The fraction of sp³-hybridized carbons (Fsp3) is 0.235. The van der Waals surface area contributed by atoms with Crippen LogP contribution in [0.4, 0.5) is 0 Å². The molecule has 122 valence electrons. The fourth-order valence-corrected chi connectivity index (χ4v) is 3.32. The van der Waals surface area contributed by atoms with E-state index in [0.717, 1.165) is 45.5 Å². The van der Waals surface area contributed by atoms with E-state index in [1.54, 1.807) is 13.1 Å². The van der Waals surface area contributed by atoms with Crippen LogP contribution in [0.3, 0.4) is 0 Å². The first-order chi connectivity index (χ1) is 11.7. The number of carbonyl (C=O) groups is 1. The molecule has 1 aromatic carbocycles. The van der Waals surface area contributed by atoms with Crippen molar-refractivity contribution >= 4 is 21.9 Å². The maximum absolute atomic E-state index is 12.3. The predicted molar refractivity (Wildman–Crippen MR) is 92.2 cm³/mol. The fourth-order valence-electron chi connectivity index (χ4n) is 3.05. The zero-order valence-electron chi connectivity index (χ0n) is 13.0. The molecule has 7 heteroatoms. The molecular formula is C17H15BrN4O2. The van der Waals surface area contributed by atoms with Crippen LogP contribution in [-0.4, -0.2) is 32.6 Å². The van der Waals surface area contributed by atoms with Crippen LogP contribution in [-0.2, 0) is 17.6 Å². The zero-order chi connectivity index (χ0) is 16.7. The number of aromatic amines is 1. The number of halogens is 1. The van der Waals surface area contributed by atoms with Gasteiger partial charge in [-0.3, -0.25) is 5.10 Å². The number of nitrogens with one attached hydrogen (secondary N) is 1. The Labute approximate surface area is 147 Å². The minimum Gasteiger partial charge on any atom is -0.461 e. The highest BCUT2D eigenvalue weighted by molar-refractivity contribution is 9.10. The maximum Gasteiger partial charge on any atom is 0.359 e. The number of aryl methyl sites for hydroxylation is 1. The Morgan fingerprint density at radius 3 is 2.88 bits per heavy atom. The van der Waals surface area contributed by atoms with Crippen molar-refractivity contribution in [2.75, 3.05) is 6.61 Å². The Bertz CT molecular complexity index is 911. The number of hydrogen-bond donors (Lipinski definition) is 1. The summed E-state index contributed by atoms with van der Waals surface area (Å²) in [5, 5.41) is 11.8. The van der Waals surface area contributed by atoms with Gasteiger partial charge in [0.1, 0.15) is 0 Å². The smallest absolute Gasteiger partial charge is 0.359 e. The minimum atomic E-state index is -0.378. The van der Waals surface area contributed by atoms with E-state index < -0.39 is 0 Å². The van der Waals surface area contributed by atoms with Crippen LogP contribution in [0, 0.1) is 0 Å². The molecule has 1 aliphatic rings. The third-order valence-corrected chi connectivity index (χ3v) is 4.65. The van der Waals surface area contributed by atoms with E-state index in [4.69, 9.17) is 4.74 Å². The second kappa shape index (κ2) is 5.90. The first-order valence-corrected chi connectivity index (χ1v) is 8.56. The minimum absolute atomic E-state index is 0.329. The van der Waals surface area contributed by atoms with Gasteiger partial charge in [-0.15, -0.1) is 0 Å². The van der Waals surface area contributed by atoms with Gasteiger partial charge in [0, 0.05) is 21.3 Å². The van der Waals surface area contributed by atoms with Crippen LogP contribution in [0.15, 0.2) is 34.9 Å². The number of hydrogen-bond acceptors (Lipinski definition) is 4. The maximum atomic E-state index is 12.3. The molecule has 24 heavy (non-hydrogen) atoms. The summed E-state index contributed by atoms with van der Waals surface area (Å²) in [4.78, 5) is 12.3. The first-order valence-electron chi connectivity index (χ1n) is 7.76. The molecule has 0 atom stereocenters. The molecule has 2 aromatic heterocycles. The van der Waals surface area contributed by atoms with Gasteiger partial charge in [0.15, 0.2) is 5.69 Å². The number of aromatic nitrogens is 4. The van der Waals surface area contributed by atoms with Gasteiger partial charge in [0.2, 0.25) is 0 Å². The third-order valence-electron chi connectivity index (χ3n) is 4.12. The number of ether oxygens (including phenoxy) is 1. The average molecular weight is 387 g/mol. The van der Waals surface area contributed by atoms with Gasteiger partial charge in [-0.1, -0.05) is 15.9 Å². The van der Waals surface area contributed by atoms with E-state index in [0.29, 0.717) is 12.3 Å². The van der Waals surface area contributed by atoms with Gasteiger partial charge in [-0.25, -0.2) is 9.48 Å². The molecule has 1 N–H and O–H groups in total. The van der Waals surface area contributed by atoms with Crippen LogP contribution < -0.4 is 0 Å². The Balaban J connectivity index is 1.94. The molecule has 0 spiro atoms. The van der Waals surface area contributed by atoms with Crippen LogP contribution in [0.1, 0.15) is 28.7 Å². The van der Waals surface area contributed by atoms with E-state index in [2.05, 4.69) is 31.2 Å². The van der Waals surface area contributed by atoms with Crippen molar-refractivity contribution in [3.8, 4) is 16.9 Å². The lowest BCUT2D eigenvalue weighted by atomic mass is 9.94. The van der Waals surface area contributed by atoms with Gasteiger partial charge in [0.25, 0.3) is 0 Å². The Kier molecular flexibility index (Phi) is 3.72. The molecule has 0 aliphatic heterocycles. The predicted octanol–water partition coefficient (Wildman–Crippen LogP) is 3.30. The van der Waals surface area contributed by atoms with Gasteiger partial charge < -0.3 is 4.74 Å².